The van der Waals surface area contributed by atoms with Gasteiger partial charge >= 0.3 is 0 Å². The van der Waals surface area contributed by atoms with Gasteiger partial charge in [-0.05, 0) is 37.0 Å². The van der Waals surface area contributed by atoms with Gasteiger partial charge in [-0.15, -0.1) is 0 Å². The highest BCUT2D eigenvalue weighted by Crippen LogP contribution is 2.30. The third-order valence-corrected chi connectivity index (χ3v) is 5.28. The Labute approximate surface area is 173 Å². The first-order valence-corrected chi connectivity index (χ1v) is 9.97. The minimum atomic E-state index is 0.334. The van der Waals surface area contributed by atoms with E-state index in [0.717, 1.165) is 55.6 Å². The number of methoxy groups -OCH3 is 2. The molecule has 1 fully saturated rings. The Balaban J connectivity index is 1.52. The Kier molecular flexibility index (Phi) is 7.16. The molecule has 1 aliphatic rings. The van der Waals surface area contributed by atoms with Crippen LogP contribution >= 0.6 is 0 Å². The van der Waals surface area contributed by atoms with Crippen LogP contribution in [0, 0.1) is 6.92 Å². The second-order valence-corrected chi connectivity index (χ2v) is 7.20. The molecular weight excluding hydrogens is 366 g/mol. The summed E-state index contributed by atoms with van der Waals surface area (Å²) in [6, 6.07) is 8.40. The van der Waals surface area contributed by atoms with Crippen LogP contribution in [0.3, 0.4) is 0 Å². The number of anilines is 1. The average molecular weight is 398 g/mol. The minimum Gasteiger partial charge on any atom is -0.497 e. The fraction of sp³-hybridized carbons (Fsp3) is 0.455. The molecule has 1 unspecified atom stereocenters. The Hall–Kier alpha value is -2.96. The lowest BCUT2D eigenvalue weighted by atomic mass is 10.1. The van der Waals surface area contributed by atoms with Crippen LogP contribution in [0.4, 0.5) is 5.69 Å². The first-order valence-electron chi connectivity index (χ1n) is 9.97. The maximum Gasteiger partial charge on any atom is 0.191 e. The largest absolute Gasteiger partial charge is 0.497 e. The molecule has 156 valence electrons. The molecule has 1 atom stereocenters. The van der Waals surface area contributed by atoms with Crippen molar-refractivity contribution in [2.45, 2.75) is 25.8 Å². The predicted octanol–water partition coefficient (Wildman–Crippen LogP) is 2.39. The third kappa shape index (κ3) is 5.53. The van der Waals surface area contributed by atoms with Crippen molar-refractivity contribution in [3.8, 4) is 11.5 Å². The standard InChI is InChI=1S/C22H31N5O2/c1-16-14-24-8-5-17(16)6-9-25-22(23-2)26-18-7-10-27(15-18)19-11-20(28-3)13-21(12-19)29-4/h5,8,11-14,18H,6-7,9-10,15H2,1-4H3,(H2,23,25,26). The molecule has 2 aromatic rings. The van der Waals surface area contributed by atoms with Crippen molar-refractivity contribution in [3.05, 3.63) is 47.8 Å². The predicted molar refractivity (Wildman–Crippen MR) is 117 cm³/mol. The maximum atomic E-state index is 5.40. The summed E-state index contributed by atoms with van der Waals surface area (Å²) in [6.45, 7) is 4.80. The van der Waals surface area contributed by atoms with Gasteiger partial charge in [-0.3, -0.25) is 9.98 Å². The zero-order chi connectivity index (χ0) is 20.6. The molecule has 0 amide bonds. The van der Waals surface area contributed by atoms with Crippen LogP contribution in [0.2, 0.25) is 0 Å². The molecule has 3 rings (SSSR count). The highest BCUT2D eigenvalue weighted by molar-refractivity contribution is 5.80. The summed E-state index contributed by atoms with van der Waals surface area (Å²) in [6.07, 6.45) is 5.73. The van der Waals surface area contributed by atoms with Crippen molar-refractivity contribution in [1.29, 1.82) is 0 Å². The fourth-order valence-corrected chi connectivity index (χ4v) is 3.57. The van der Waals surface area contributed by atoms with Gasteiger partial charge in [0.25, 0.3) is 0 Å². The average Bonchev–Trinajstić information content (AvgIpc) is 3.22. The van der Waals surface area contributed by atoms with Crippen LogP contribution in [0.25, 0.3) is 0 Å². The van der Waals surface area contributed by atoms with Crippen molar-refractivity contribution < 1.29 is 9.47 Å². The van der Waals surface area contributed by atoms with E-state index in [1.807, 2.05) is 25.5 Å². The lowest BCUT2D eigenvalue weighted by Gasteiger charge is -2.21. The van der Waals surface area contributed by atoms with Gasteiger partial charge in [0.05, 0.1) is 14.2 Å². The van der Waals surface area contributed by atoms with Crippen molar-refractivity contribution in [2.24, 2.45) is 4.99 Å². The van der Waals surface area contributed by atoms with E-state index in [1.165, 1.54) is 11.1 Å². The van der Waals surface area contributed by atoms with Gasteiger partial charge < -0.3 is 25.0 Å². The van der Waals surface area contributed by atoms with E-state index in [4.69, 9.17) is 9.47 Å². The van der Waals surface area contributed by atoms with Crippen LogP contribution in [-0.4, -0.2) is 57.9 Å². The van der Waals surface area contributed by atoms with Gasteiger partial charge in [0.1, 0.15) is 11.5 Å². The lowest BCUT2D eigenvalue weighted by Crippen LogP contribution is -2.45. The summed E-state index contributed by atoms with van der Waals surface area (Å²) in [7, 11) is 5.17. The Morgan fingerprint density at radius 3 is 2.66 bits per heavy atom. The molecule has 2 N–H and O–H groups in total. The van der Waals surface area contributed by atoms with Crippen LogP contribution in [-0.2, 0) is 6.42 Å². The zero-order valence-corrected chi connectivity index (χ0v) is 17.7. The molecule has 1 aromatic heterocycles. The number of nitrogens with one attached hydrogen (secondary N) is 2. The number of hydrogen-bond acceptors (Lipinski definition) is 5. The molecule has 0 radical (unpaired) electrons. The number of aliphatic imine (C=N–C) groups is 1. The fourth-order valence-electron chi connectivity index (χ4n) is 3.57. The van der Waals surface area contributed by atoms with Gasteiger partial charge in [-0.25, -0.2) is 0 Å². The van der Waals surface area contributed by atoms with Crippen molar-refractivity contribution in [2.75, 3.05) is 45.8 Å². The Morgan fingerprint density at radius 2 is 2.00 bits per heavy atom. The Morgan fingerprint density at radius 1 is 1.24 bits per heavy atom. The summed E-state index contributed by atoms with van der Waals surface area (Å²) >= 11 is 0. The van der Waals surface area contributed by atoms with E-state index < -0.39 is 0 Å². The van der Waals surface area contributed by atoms with Gasteiger partial charge in [0.2, 0.25) is 0 Å². The molecular formula is C22H31N5O2. The summed E-state index contributed by atoms with van der Waals surface area (Å²) in [5.41, 5.74) is 3.64. The van der Waals surface area contributed by atoms with Gasteiger partial charge in [-0.2, -0.15) is 0 Å². The molecule has 7 nitrogen and oxygen atoms in total. The number of benzene rings is 1. The summed E-state index contributed by atoms with van der Waals surface area (Å²) in [4.78, 5) is 10.9. The molecule has 0 spiro atoms. The van der Waals surface area contributed by atoms with Gasteiger partial charge in [0.15, 0.2) is 5.96 Å². The van der Waals surface area contributed by atoms with Crippen molar-refractivity contribution in [3.63, 3.8) is 0 Å². The van der Waals surface area contributed by atoms with Crippen LogP contribution < -0.4 is 25.0 Å². The number of pyridine rings is 1. The first kappa shape index (κ1) is 20.8. The number of aryl methyl sites for hydroxylation is 1. The topological polar surface area (TPSA) is 71.0 Å². The number of guanidine groups is 1. The molecule has 0 aliphatic carbocycles. The number of nitrogens with zero attached hydrogens (tertiary/aromatic N) is 3. The Bertz CT molecular complexity index is 817. The van der Waals surface area contributed by atoms with E-state index in [-0.39, 0.29) is 0 Å². The zero-order valence-electron chi connectivity index (χ0n) is 17.7. The molecule has 1 aromatic carbocycles. The first-order chi connectivity index (χ1) is 14.1. The maximum absolute atomic E-state index is 5.40. The SMILES string of the molecule is CN=C(NCCc1ccncc1C)NC1CCN(c2cc(OC)cc(OC)c2)C1. The van der Waals surface area contributed by atoms with Crippen molar-refractivity contribution in [1.82, 2.24) is 15.6 Å². The van der Waals surface area contributed by atoms with Crippen molar-refractivity contribution >= 4 is 11.6 Å². The second kappa shape index (κ2) is 10.0. The lowest BCUT2D eigenvalue weighted by molar-refractivity contribution is 0.394. The summed E-state index contributed by atoms with van der Waals surface area (Å²) in [5.74, 6) is 2.45. The molecule has 29 heavy (non-hydrogen) atoms. The van der Waals surface area contributed by atoms with E-state index in [1.54, 1.807) is 14.2 Å². The number of aromatic nitrogens is 1. The van der Waals surface area contributed by atoms with E-state index in [9.17, 15) is 0 Å². The number of rotatable bonds is 7. The third-order valence-electron chi connectivity index (χ3n) is 5.28. The van der Waals surface area contributed by atoms with E-state index in [0.29, 0.717) is 6.04 Å². The summed E-state index contributed by atoms with van der Waals surface area (Å²) < 4.78 is 10.8. The van der Waals surface area contributed by atoms with Gasteiger partial charge in [0, 0.05) is 69.0 Å². The highest BCUT2D eigenvalue weighted by atomic mass is 16.5. The number of hydrogen-bond donors (Lipinski definition) is 2. The molecule has 7 heteroatoms. The number of ether oxygens (including phenoxy) is 2. The minimum absolute atomic E-state index is 0.334. The molecule has 2 heterocycles. The summed E-state index contributed by atoms with van der Waals surface area (Å²) in [5, 5.41) is 6.97. The molecule has 1 aliphatic heterocycles. The molecule has 0 bridgehead atoms. The van der Waals surface area contributed by atoms with Crippen LogP contribution in [0.15, 0.2) is 41.7 Å². The van der Waals surface area contributed by atoms with E-state index in [2.05, 4.69) is 50.6 Å². The monoisotopic (exact) mass is 397 g/mol. The molecule has 0 saturated carbocycles. The quantitative estimate of drug-likeness (QED) is 0.552. The van der Waals surface area contributed by atoms with Crippen LogP contribution in [0.1, 0.15) is 17.5 Å². The second-order valence-electron chi connectivity index (χ2n) is 7.20. The smallest absolute Gasteiger partial charge is 0.191 e. The highest BCUT2D eigenvalue weighted by Gasteiger charge is 2.24. The normalized spacial score (nSPS) is 16.6. The van der Waals surface area contributed by atoms with Gasteiger partial charge in [-0.1, -0.05) is 0 Å². The van der Waals surface area contributed by atoms with E-state index >= 15 is 0 Å². The molecule has 1 saturated heterocycles. The van der Waals surface area contributed by atoms with Crippen LogP contribution in [0.5, 0.6) is 11.5 Å².